The van der Waals surface area contributed by atoms with E-state index in [0.717, 1.165) is 6.42 Å². The van der Waals surface area contributed by atoms with Crippen LogP contribution < -0.4 is 0 Å². The van der Waals surface area contributed by atoms with Gasteiger partial charge < -0.3 is 0 Å². The molecule has 1 aliphatic rings. The van der Waals surface area contributed by atoms with E-state index in [0.29, 0.717) is 0 Å². The van der Waals surface area contributed by atoms with Crippen molar-refractivity contribution in [1.29, 1.82) is 0 Å². The minimum absolute atomic E-state index is 0.241. The molecule has 0 amide bonds. The standard InChI is InChI=1S/C23H28/c1-6-8-17-11-13-18(14-12-17)20-10-7-9-19-15-21(23(3,4)5)16(2)22(19)20/h7,9-14H,6,8,15H2,1-5H3. The minimum atomic E-state index is 0.241. The van der Waals surface area contributed by atoms with E-state index in [1.165, 1.54) is 46.2 Å². The van der Waals surface area contributed by atoms with E-state index >= 15 is 0 Å². The molecule has 0 nitrogen and oxygen atoms in total. The van der Waals surface area contributed by atoms with Crippen LogP contribution in [0.4, 0.5) is 0 Å². The summed E-state index contributed by atoms with van der Waals surface area (Å²) in [4.78, 5) is 0. The number of aryl methyl sites for hydroxylation is 1. The first-order valence-electron chi connectivity index (χ1n) is 8.83. The van der Waals surface area contributed by atoms with Crippen LogP contribution in [0.1, 0.15) is 57.7 Å². The lowest BCUT2D eigenvalue weighted by atomic mass is 9.83. The van der Waals surface area contributed by atoms with E-state index < -0.39 is 0 Å². The lowest BCUT2D eigenvalue weighted by Crippen LogP contribution is -2.09. The van der Waals surface area contributed by atoms with Crippen LogP contribution in [0.15, 0.2) is 48.0 Å². The highest BCUT2D eigenvalue weighted by molar-refractivity contribution is 5.87. The van der Waals surface area contributed by atoms with Gasteiger partial charge in [-0.05, 0) is 58.6 Å². The molecule has 0 atom stereocenters. The molecule has 0 bridgehead atoms. The second kappa shape index (κ2) is 6.00. The Balaban J connectivity index is 2.07. The molecule has 0 saturated heterocycles. The van der Waals surface area contributed by atoms with Gasteiger partial charge in [-0.1, -0.05) is 82.2 Å². The molecule has 0 saturated carbocycles. The number of hydrogen-bond donors (Lipinski definition) is 0. The second-order valence-corrected chi connectivity index (χ2v) is 7.82. The van der Waals surface area contributed by atoms with Crippen molar-refractivity contribution in [2.75, 3.05) is 0 Å². The van der Waals surface area contributed by atoms with Gasteiger partial charge in [0.15, 0.2) is 0 Å². The third kappa shape index (κ3) is 3.00. The van der Waals surface area contributed by atoms with Crippen LogP contribution in [0.2, 0.25) is 0 Å². The fourth-order valence-corrected chi connectivity index (χ4v) is 3.87. The SMILES string of the molecule is CCCc1ccc(-c2cccc3c2C(C)=C(C(C)(C)C)C3)cc1. The Morgan fingerprint density at radius 3 is 2.26 bits per heavy atom. The van der Waals surface area contributed by atoms with Gasteiger partial charge in [-0.2, -0.15) is 0 Å². The molecule has 0 unspecified atom stereocenters. The van der Waals surface area contributed by atoms with E-state index in [-0.39, 0.29) is 5.41 Å². The third-order valence-corrected chi connectivity index (χ3v) is 5.05. The van der Waals surface area contributed by atoms with Crippen molar-refractivity contribution < 1.29 is 0 Å². The van der Waals surface area contributed by atoms with Gasteiger partial charge in [-0.3, -0.25) is 0 Å². The van der Waals surface area contributed by atoms with Gasteiger partial charge in [0.05, 0.1) is 0 Å². The van der Waals surface area contributed by atoms with Gasteiger partial charge in [0.25, 0.3) is 0 Å². The molecule has 0 radical (unpaired) electrons. The van der Waals surface area contributed by atoms with E-state index in [9.17, 15) is 0 Å². The predicted octanol–water partition coefficient (Wildman–Crippen LogP) is 6.68. The summed E-state index contributed by atoms with van der Waals surface area (Å²) < 4.78 is 0. The lowest BCUT2D eigenvalue weighted by molar-refractivity contribution is 0.496. The molecule has 3 rings (SSSR count). The van der Waals surface area contributed by atoms with Crippen LogP contribution in [0.5, 0.6) is 0 Å². The van der Waals surface area contributed by atoms with E-state index in [1.807, 2.05) is 0 Å². The highest BCUT2D eigenvalue weighted by atomic mass is 14.3. The fourth-order valence-electron chi connectivity index (χ4n) is 3.87. The smallest absolute Gasteiger partial charge is 0.00496 e. The van der Waals surface area contributed by atoms with Crippen LogP contribution in [-0.2, 0) is 12.8 Å². The highest BCUT2D eigenvalue weighted by Crippen LogP contribution is 2.45. The molecule has 2 aromatic rings. The summed E-state index contributed by atoms with van der Waals surface area (Å²) in [5.41, 5.74) is 10.4. The van der Waals surface area contributed by atoms with Crippen molar-refractivity contribution in [2.24, 2.45) is 5.41 Å². The minimum Gasteiger partial charge on any atom is -0.0651 e. The third-order valence-electron chi connectivity index (χ3n) is 5.05. The van der Waals surface area contributed by atoms with Crippen molar-refractivity contribution in [3.8, 4) is 11.1 Å². The first kappa shape index (κ1) is 16.1. The van der Waals surface area contributed by atoms with Gasteiger partial charge in [0.2, 0.25) is 0 Å². The van der Waals surface area contributed by atoms with Crippen molar-refractivity contribution in [2.45, 2.75) is 53.9 Å². The number of rotatable bonds is 3. The summed E-state index contributed by atoms with van der Waals surface area (Å²) in [6, 6.07) is 16.0. The normalized spacial score (nSPS) is 14.3. The first-order valence-corrected chi connectivity index (χ1v) is 8.83. The summed E-state index contributed by atoms with van der Waals surface area (Å²) in [7, 11) is 0. The monoisotopic (exact) mass is 304 g/mol. The van der Waals surface area contributed by atoms with Gasteiger partial charge in [0, 0.05) is 0 Å². The molecule has 0 heterocycles. The summed E-state index contributed by atoms with van der Waals surface area (Å²) in [5.74, 6) is 0. The molecule has 0 fully saturated rings. The Hall–Kier alpha value is -1.82. The topological polar surface area (TPSA) is 0 Å². The van der Waals surface area contributed by atoms with Gasteiger partial charge in [-0.25, -0.2) is 0 Å². The van der Waals surface area contributed by atoms with Crippen LogP contribution >= 0.6 is 0 Å². The zero-order chi connectivity index (χ0) is 16.6. The number of hydrogen-bond acceptors (Lipinski definition) is 0. The van der Waals surface area contributed by atoms with Crippen LogP contribution in [0.25, 0.3) is 16.7 Å². The van der Waals surface area contributed by atoms with Gasteiger partial charge in [-0.15, -0.1) is 0 Å². The molecular formula is C23H28. The largest absolute Gasteiger partial charge is 0.0651 e. The number of allylic oxidation sites excluding steroid dienone is 2. The van der Waals surface area contributed by atoms with Crippen molar-refractivity contribution in [3.05, 3.63) is 64.7 Å². The quantitative estimate of drug-likeness (QED) is 0.593. The molecule has 120 valence electrons. The molecule has 0 spiro atoms. The number of fused-ring (bicyclic) bond motifs is 1. The van der Waals surface area contributed by atoms with Gasteiger partial charge >= 0.3 is 0 Å². The summed E-state index contributed by atoms with van der Waals surface area (Å²) >= 11 is 0. The van der Waals surface area contributed by atoms with Crippen LogP contribution in [0.3, 0.4) is 0 Å². The highest BCUT2D eigenvalue weighted by Gasteiger charge is 2.28. The average Bonchev–Trinajstić information content (AvgIpc) is 2.86. The number of benzene rings is 2. The molecule has 0 aromatic heterocycles. The van der Waals surface area contributed by atoms with E-state index in [4.69, 9.17) is 0 Å². The molecule has 0 N–H and O–H groups in total. The zero-order valence-electron chi connectivity index (χ0n) is 15.2. The van der Waals surface area contributed by atoms with E-state index in [2.05, 4.69) is 77.1 Å². The first-order chi connectivity index (χ1) is 10.9. The maximum atomic E-state index is 2.33. The average molecular weight is 304 g/mol. The molecule has 23 heavy (non-hydrogen) atoms. The molecule has 0 aliphatic heterocycles. The molecular weight excluding hydrogens is 276 g/mol. The summed E-state index contributed by atoms with van der Waals surface area (Å²) in [6.07, 6.45) is 3.48. The van der Waals surface area contributed by atoms with Crippen molar-refractivity contribution >= 4 is 5.57 Å². The lowest BCUT2D eigenvalue weighted by Gasteiger charge is -2.22. The fraction of sp³-hybridized carbons (Fsp3) is 0.391. The maximum Gasteiger partial charge on any atom is -0.00496 e. The Morgan fingerprint density at radius 1 is 0.957 bits per heavy atom. The zero-order valence-corrected chi connectivity index (χ0v) is 15.2. The molecule has 1 aliphatic carbocycles. The van der Waals surface area contributed by atoms with Crippen LogP contribution in [-0.4, -0.2) is 0 Å². The molecule has 2 aromatic carbocycles. The Kier molecular flexibility index (Phi) is 4.19. The maximum absolute atomic E-state index is 2.33. The second-order valence-electron chi connectivity index (χ2n) is 7.82. The molecule has 0 heteroatoms. The summed E-state index contributed by atoms with van der Waals surface area (Å²) in [6.45, 7) is 11.5. The Labute approximate surface area is 141 Å². The Bertz CT molecular complexity index is 737. The van der Waals surface area contributed by atoms with Crippen molar-refractivity contribution in [3.63, 3.8) is 0 Å². The van der Waals surface area contributed by atoms with Crippen molar-refractivity contribution in [1.82, 2.24) is 0 Å². The van der Waals surface area contributed by atoms with Crippen LogP contribution in [0, 0.1) is 5.41 Å². The Morgan fingerprint density at radius 2 is 1.65 bits per heavy atom. The summed E-state index contributed by atoms with van der Waals surface area (Å²) in [5, 5.41) is 0. The predicted molar refractivity (Wildman–Crippen MR) is 102 cm³/mol. The van der Waals surface area contributed by atoms with Gasteiger partial charge in [0.1, 0.15) is 0 Å². The van der Waals surface area contributed by atoms with E-state index in [1.54, 1.807) is 5.57 Å².